The van der Waals surface area contributed by atoms with Crippen LogP contribution in [0.15, 0.2) is 54.6 Å². The highest BCUT2D eigenvalue weighted by Crippen LogP contribution is 2.50. The second-order valence-corrected chi connectivity index (χ2v) is 8.81. The van der Waals surface area contributed by atoms with E-state index in [1.54, 1.807) is 19.1 Å². The number of nitrogens with two attached hydrogens (primary N) is 1. The minimum atomic E-state index is -1.92. The fourth-order valence-electron chi connectivity index (χ4n) is 5.23. The van der Waals surface area contributed by atoms with Crippen LogP contribution in [0.25, 0.3) is 0 Å². The third kappa shape index (κ3) is 4.00. The van der Waals surface area contributed by atoms with E-state index in [-0.39, 0.29) is 12.0 Å². The first-order chi connectivity index (χ1) is 15.3. The summed E-state index contributed by atoms with van der Waals surface area (Å²) in [5.74, 6) is -3.90. The fourth-order valence-corrected chi connectivity index (χ4v) is 5.23. The van der Waals surface area contributed by atoms with Crippen molar-refractivity contribution < 1.29 is 24.2 Å². The number of ketones is 1. The van der Waals surface area contributed by atoms with Crippen LogP contribution in [0.4, 0.5) is 5.69 Å². The number of Topliss-reactive ketones (excluding diaryl/α,β-unsaturated/α-hetero) is 1. The first-order valence-electron chi connectivity index (χ1n) is 11.0. The van der Waals surface area contributed by atoms with Crippen LogP contribution in [0, 0.1) is 5.92 Å². The van der Waals surface area contributed by atoms with E-state index >= 15 is 0 Å². The van der Waals surface area contributed by atoms with Crippen molar-refractivity contribution in [2.45, 2.75) is 56.2 Å². The van der Waals surface area contributed by atoms with Gasteiger partial charge in [0.2, 0.25) is 5.78 Å². The lowest BCUT2D eigenvalue weighted by Gasteiger charge is -2.44. The molecule has 1 heterocycles. The Morgan fingerprint density at radius 2 is 1.81 bits per heavy atom. The predicted octanol–water partition coefficient (Wildman–Crippen LogP) is 3.41. The number of anilines is 1. The molecule has 1 aliphatic carbocycles. The number of benzene rings is 2. The molecule has 1 aliphatic heterocycles. The molecule has 2 aliphatic rings. The summed E-state index contributed by atoms with van der Waals surface area (Å²) >= 11 is 0. The number of carbonyl (C=O) groups is 3. The second-order valence-electron chi connectivity index (χ2n) is 8.81. The molecular weight excluding hydrogens is 408 g/mol. The summed E-state index contributed by atoms with van der Waals surface area (Å²) in [5.41, 5.74) is 6.95. The van der Waals surface area contributed by atoms with Gasteiger partial charge >= 0.3 is 11.9 Å². The number of fused-ring (bicyclic) bond motifs is 2. The highest BCUT2D eigenvalue weighted by atomic mass is 16.5. The molecule has 5 atom stereocenters. The van der Waals surface area contributed by atoms with E-state index in [9.17, 15) is 19.5 Å². The van der Waals surface area contributed by atoms with Crippen LogP contribution in [0.3, 0.4) is 0 Å². The third-order valence-corrected chi connectivity index (χ3v) is 6.82. The van der Waals surface area contributed by atoms with Crippen molar-refractivity contribution in [1.29, 1.82) is 0 Å². The molecule has 2 aromatic rings. The van der Waals surface area contributed by atoms with Crippen molar-refractivity contribution in [2.24, 2.45) is 11.7 Å². The predicted molar refractivity (Wildman–Crippen MR) is 119 cm³/mol. The van der Waals surface area contributed by atoms with Crippen molar-refractivity contribution in [2.75, 3.05) is 5.32 Å². The van der Waals surface area contributed by atoms with Crippen molar-refractivity contribution in [3.63, 3.8) is 0 Å². The normalized spacial score (nSPS) is 24.2. The number of esters is 1. The Bertz CT molecular complexity index is 1020. The van der Waals surface area contributed by atoms with E-state index in [1.807, 2.05) is 42.5 Å². The standard InChI is InChI=1S/C25H28N2O5/c1-15(16-8-3-2-4-9-16)32-23(29)21(28)14-25(26,24(30)31)22-17-10-5-6-12-19(17)27-20-13-7-11-18(20)22/h2-6,8-10,12,15,18,20,22,27H,7,11,13-14,26H2,1H3,(H,30,31). The molecule has 2 aromatic carbocycles. The van der Waals surface area contributed by atoms with Gasteiger partial charge in [-0.3, -0.25) is 9.59 Å². The molecule has 0 amide bonds. The third-order valence-electron chi connectivity index (χ3n) is 6.82. The molecule has 1 fully saturated rings. The highest BCUT2D eigenvalue weighted by Gasteiger charge is 2.54. The topological polar surface area (TPSA) is 119 Å². The van der Waals surface area contributed by atoms with Gasteiger partial charge in [-0.15, -0.1) is 0 Å². The smallest absolute Gasteiger partial charge is 0.375 e. The van der Waals surface area contributed by atoms with Crippen LogP contribution in [-0.4, -0.2) is 34.4 Å². The molecule has 32 heavy (non-hydrogen) atoms. The van der Waals surface area contributed by atoms with Gasteiger partial charge in [0.15, 0.2) is 0 Å². The Balaban J connectivity index is 1.59. The number of carbonyl (C=O) groups excluding carboxylic acids is 2. The van der Waals surface area contributed by atoms with Gasteiger partial charge in [0.05, 0.1) is 0 Å². The number of carboxylic acid groups (broad SMARTS) is 1. The molecule has 0 aromatic heterocycles. The number of para-hydroxylation sites is 1. The average Bonchev–Trinajstić information content (AvgIpc) is 3.25. The maximum atomic E-state index is 12.8. The van der Waals surface area contributed by atoms with Gasteiger partial charge in [-0.25, -0.2) is 4.79 Å². The minimum absolute atomic E-state index is 0.0296. The van der Waals surface area contributed by atoms with Gasteiger partial charge in [0.25, 0.3) is 0 Å². The number of ether oxygens (including phenoxy) is 1. The molecular formula is C25H28N2O5. The van der Waals surface area contributed by atoms with Gasteiger partial charge in [-0.2, -0.15) is 0 Å². The Morgan fingerprint density at radius 3 is 2.53 bits per heavy atom. The van der Waals surface area contributed by atoms with E-state index in [2.05, 4.69) is 5.32 Å². The summed E-state index contributed by atoms with van der Waals surface area (Å²) in [6.07, 6.45) is 1.42. The van der Waals surface area contributed by atoms with E-state index in [1.165, 1.54) is 0 Å². The van der Waals surface area contributed by atoms with Crippen LogP contribution in [0.1, 0.15) is 55.8 Å². The lowest BCUT2D eigenvalue weighted by atomic mass is 9.66. The zero-order valence-electron chi connectivity index (χ0n) is 18.0. The van der Waals surface area contributed by atoms with Crippen LogP contribution in [-0.2, 0) is 19.1 Å². The van der Waals surface area contributed by atoms with E-state index in [4.69, 9.17) is 10.5 Å². The van der Waals surface area contributed by atoms with Gasteiger partial charge in [0.1, 0.15) is 11.6 Å². The Kier molecular flexibility index (Phi) is 6.02. The summed E-state index contributed by atoms with van der Waals surface area (Å²) in [4.78, 5) is 37.9. The van der Waals surface area contributed by atoms with Gasteiger partial charge < -0.3 is 20.9 Å². The van der Waals surface area contributed by atoms with Crippen LogP contribution >= 0.6 is 0 Å². The second kappa shape index (κ2) is 8.74. The lowest BCUT2D eigenvalue weighted by Crippen LogP contribution is -2.59. The zero-order valence-corrected chi connectivity index (χ0v) is 18.0. The molecule has 0 saturated heterocycles. The highest BCUT2D eigenvalue weighted by molar-refractivity contribution is 6.34. The molecule has 4 rings (SSSR count). The van der Waals surface area contributed by atoms with Crippen molar-refractivity contribution in [3.05, 3.63) is 65.7 Å². The molecule has 0 spiro atoms. The van der Waals surface area contributed by atoms with E-state index < -0.39 is 41.7 Å². The van der Waals surface area contributed by atoms with Crippen molar-refractivity contribution in [3.8, 4) is 0 Å². The maximum absolute atomic E-state index is 12.8. The summed E-state index contributed by atoms with van der Waals surface area (Å²) in [6, 6.07) is 16.6. The number of rotatable bonds is 7. The SMILES string of the molecule is CC(OC(=O)C(=O)CC(N)(C(=O)O)C1c2ccccc2NC2CCCC21)c1ccccc1. The quantitative estimate of drug-likeness (QED) is 0.449. The number of aliphatic carboxylic acids is 1. The average molecular weight is 437 g/mol. The van der Waals surface area contributed by atoms with Gasteiger partial charge in [0, 0.05) is 24.1 Å². The van der Waals surface area contributed by atoms with Crippen LogP contribution in [0.5, 0.6) is 0 Å². The number of carboxylic acids is 1. The molecule has 0 radical (unpaired) electrons. The van der Waals surface area contributed by atoms with Crippen LogP contribution < -0.4 is 11.1 Å². The minimum Gasteiger partial charge on any atom is -0.480 e. The Hall–Kier alpha value is -3.19. The van der Waals surface area contributed by atoms with Crippen molar-refractivity contribution in [1.82, 2.24) is 0 Å². The van der Waals surface area contributed by atoms with Gasteiger partial charge in [-0.05, 0) is 42.9 Å². The van der Waals surface area contributed by atoms with Crippen molar-refractivity contribution >= 4 is 23.4 Å². The number of nitrogens with one attached hydrogen (secondary N) is 1. The molecule has 1 saturated carbocycles. The molecule has 4 N–H and O–H groups in total. The number of hydrogen-bond acceptors (Lipinski definition) is 6. The number of hydrogen-bond donors (Lipinski definition) is 3. The molecule has 0 bridgehead atoms. The molecule has 168 valence electrons. The summed E-state index contributed by atoms with van der Waals surface area (Å²) in [6.45, 7) is 1.67. The summed E-state index contributed by atoms with van der Waals surface area (Å²) < 4.78 is 5.32. The first kappa shape index (κ1) is 22.0. The Labute approximate surface area is 187 Å². The molecule has 7 nitrogen and oxygen atoms in total. The lowest BCUT2D eigenvalue weighted by molar-refractivity contribution is -0.159. The fraction of sp³-hybridized carbons (Fsp3) is 0.400. The van der Waals surface area contributed by atoms with E-state index in [0.717, 1.165) is 36.1 Å². The maximum Gasteiger partial charge on any atom is 0.375 e. The van der Waals surface area contributed by atoms with E-state index in [0.29, 0.717) is 0 Å². The summed E-state index contributed by atoms with van der Waals surface area (Å²) in [5, 5.41) is 13.7. The first-order valence-corrected chi connectivity index (χ1v) is 11.0. The largest absolute Gasteiger partial charge is 0.480 e. The summed E-state index contributed by atoms with van der Waals surface area (Å²) in [7, 11) is 0. The van der Waals surface area contributed by atoms with Gasteiger partial charge in [-0.1, -0.05) is 55.0 Å². The van der Waals surface area contributed by atoms with Crippen LogP contribution in [0.2, 0.25) is 0 Å². The molecule has 7 heteroatoms. The Morgan fingerprint density at radius 1 is 1.12 bits per heavy atom. The monoisotopic (exact) mass is 436 g/mol. The molecule has 5 unspecified atom stereocenters. The zero-order chi connectivity index (χ0) is 22.9.